The van der Waals surface area contributed by atoms with Gasteiger partial charge in [0.25, 0.3) is 0 Å². The van der Waals surface area contributed by atoms with Crippen LogP contribution in [-0.4, -0.2) is 23.8 Å². The average Bonchev–Trinajstić information content (AvgIpc) is 2.93. The highest BCUT2D eigenvalue weighted by Crippen LogP contribution is 2.14. The van der Waals surface area contributed by atoms with E-state index in [4.69, 9.17) is 4.42 Å². The Balaban J connectivity index is 2.09. The van der Waals surface area contributed by atoms with Crippen molar-refractivity contribution in [3.63, 3.8) is 0 Å². The summed E-state index contributed by atoms with van der Waals surface area (Å²) in [6.07, 6.45) is 4.17. The molecule has 3 nitrogen and oxygen atoms in total. The fourth-order valence-electron chi connectivity index (χ4n) is 2.27. The molecule has 3 heteroatoms. The third kappa shape index (κ3) is 3.32. The number of rotatable bonds is 6. The molecular formula is C16H19NO2. The van der Waals surface area contributed by atoms with E-state index in [9.17, 15) is 4.79 Å². The molecule has 0 aliphatic heterocycles. The van der Waals surface area contributed by atoms with Gasteiger partial charge < -0.3 is 4.42 Å². The van der Waals surface area contributed by atoms with Crippen molar-refractivity contribution in [2.45, 2.75) is 25.9 Å². The van der Waals surface area contributed by atoms with Gasteiger partial charge in [-0.1, -0.05) is 37.3 Å². The molecule has 0 amide bonds. The summed E-state index contributed by atoms with van der Waals surface area (Å²) >= 11 is 0. The average molecular weight is 257 g/mol. The van der Waals surface area contributed by atoms with Crippen LogP contribution in [0.5, 0.6) is 0 Å². The maximum atomic E-state index is 12.5. The van der Waals surface area contributed by atoms with Crippen molar-refractivity contribution in [3.05, 3.63) is 60.1 Å². The van der Waals surface area contributed by atoms with E-state index in [1.165, 1.54) is 0 Å². The Labute approximate surface area is 113 Å². The number of benzene rings is 1. The minimum Gasteiger partial charge on any atom is -0.472 e. The predicted molar refractivity (Wildman–Crippen MR) is 75.0 cm³/mol. The van der Waals surface area contributed by atoms with E-state index in [0.717, 1.165) is 17.5 Å². The lowest BCUT2D eigenvalue weighted by atomic mass is 10.0. The first-order chi connectivity index (χ1) is 9.22. The molecule has 0 N–H and O–H groups in total. The van der Waals surface area contributed by atoms with E-state index < -0.39 is 0 Å². The Morgan fingerprint density at radius 3 is 2.58 bits per heavy atom. The summed E-state index contributed by atoms with van der Waals surface area (Å²) < 4.78 is 5.06. The zero-order valence-corrected chi connectivity index (χ0v) is 11.4. The number of Topliss-reactive ketones (excluding diaryl/α,β-unsaturated/α-hetero) is 1. The predicted octanol–water partition coefficient (Wildman–Crippen LogP) is 3.37. The maximum absolute atomic E-state index is 12.5. The summed E-state index contributed by atoms with van der Waals surface area (Å²) in [4.78, 5) is 14.6. The summed E-state index contributed by atoms with van der Waals surface area (Å²) in [7, 11) is 1.97. The summed E-state index contributed by atoms with van der Waals surface area (Å²) in [5.41, 5.74) is 1.86. The number of hydrogen-bond donors (Lipinski definition) is 0. The van der Waals surface area contributed by atoms with Gasteiger partial charge in [-0.3, -0.25) is 9.69 Å². The lowest BCUT2D eigenvalue weighted by Crippen LogP contribution is -2.37. The normalized spacial score (nSPS) is 12.6. The summed E-state index contributed by atoms with van der Waals surface area (Å²) in [5, 5.41) is 0. The van der Waals surface area contributed by atoms with Crippen LogP contribution in [0.25, 0.3) is 0 Å². The Morgan fingerprint density at radius 1 is 1.26 bits per heavy atom. The molecule has 1 aromatic carbocycles. The molecule has 0 spiro atoms. The van der Waals surface area contributed by atoms with Gasteiger partial charge in [0.15, 0.2) is 5.78 Å². The third-order valence-electron chi connectivity index (χ3n) is 3.29. The van der Waals surface area contributed by atoms with Crippen LogP contribution in [0.4, 0.5) is 0 Å². The van der Waals surface area contributed by atoms with E-state index in [0.29, 0.717) is 6.54 Å². The van der Waals surface area contributed by atoms with Crippen LogP contribution in [0.2, 0.25) is 0 Å². The number of carbonyl (C=O) groups is 1. The van der Waals surface area contributed by atoms with Crippen LogP contribution in [0.3, 0.4) is 0 Å². The van der Waals surface area contributed by atoms with Crippen LogP contribution < -0.4 is 0 Å². The molecule has 0 aliphatic carbocycles. The van der Waals surface area contributed by atoms with Gasteiger partial charge in [-0.15, -0.1) is 0 Å². The second kappa shape index (κ2) is 6.34. The standard InChI is InChI=1S/C16H19NO2/c1-3-15(16(18)14-7-5-4-6-8-14)17(2)11-13-9-10-19-12-13/h4-10,12,15H,3,11H2,1-2H3. The summed E-state index contributed by atoms with van der Waals surface area (Å²) in [5.74, 6) is 0.175. The highest BCUT2D eigenvalue weighted by atomic mass is 16.3. The zero-order chi connectivity index (χ0) is 13.7. The Morgan fingerprint density at radius 2 is 2.00 bits per heavy atom. The van der Waals surface area contributed by atoms with Crippen LogP contribution >= 0.6 is 0 Å². The lowest BCUT2D eigenvalue weighted by molar-refractivity contribution is 0.0838. The Hall–Kier alpha value is -1.87. The van der Waals surface area contributed by atoms with Crippen LogP contribution in [0, 0.1) is 0 Å². The molecule has 0 bridgehead atoms. The van der Waals surface area contributed by atoms with Gasteiger partial charge in [-0.05, 0) is 19.5 Å². The molecule has 0 fully saturated rings. The highest BCUT2D eigenvalue weighted by Gasteiger charge is 2.22. The molecule has 1 aromatic heterocycles. The number of nitrogens with zero attached hydrogens (tertiary/aromatic N) is 1. The number of furan rings is 1. The van der Waals surface area contributed by atoms with Crippen molar-refractivity contribution in [2.24, 2.45) is 0 Å². The van der Waals surface area contributed by atoms with Crippen molar-refractivity contribution in [1.82, 2.24) is 4.90 Å². The highest BCUT2D eigenvalue weighted by molar-refractivity contribution is 6.00. The minimum atomic E-state index is -0.0997. The quantitative estimate of drug-likeness (QED) is 0.744. The molecule has 0 saturated carbocycles. The molecule has 1 heterocycles. The number of hydrogen-bond acceptors (Lipinski definition) is 3. The first-order valence-electron chi connectivity index (χ1n) is 6.53. The minimum absolute atomic E-state index is 0.0997. The fourth-order valence-corrected chi connectivity index (χ4v) is 2.27. The molecule has 1 unspecified atom stereocenters. The van der Waals surface area contributed by atoms with Crippen molar-refractivity contribution in [2.75, 3.05) is 7.05 Å². The second-order valence-corrected chi connectivity index (χ2v) is 4.70. The van der Waals surface area contributed by atoms with E-state index in [1.54, 1.807) is 12.5 Å². The summed E-state index contributed by atoms with van der Waals surface area (Å²) in [6.45, 7) is 2.75. The summed E-state index contributed by atoms with van der Waals surface area (Å²) in [6, 6.07) is 11.3. The largest absolute Gasteiger partial charge is 0.472 e. The fraction of sp³-hybridized carbons (Fsp3) is 0.312. The van der Waals surface area contributed by atoms with Crippen molar-refractivity contribution >= 4 is 5.78 Å². The van der Waals surface area contributed by atoms with E-state index >= 15 is 0 Å². The molecule has 0 saturated heterocycles. The lowest BCUT2D eigenvalue weighted by Gasteiger charge is -2.25. The zero-order valence-electron chi connectivity index (χ0n) is 11.4. The topological polar surface area (TPSA) is 33.5 Å². The maximum Gasteiger partial charge on any atom is 0.179 e. The molecule has 1 atom stereocenters. The first kappa shape index (κ1) is 13.6. The van der Waals surface area contributed by atoms with Crippen LogP contribution in [-0.2, 0) is 6.54 Å². The van der Waals surface area contributed by atoms with Gasteiger partial charge in [0.2, 0.25) is 0 Å². The monoisotopic (exact) mass is 257 g/mol. The molecule has 100 valence electrons. The molecular weight excluding hydrogens is 238 g/mol. The molecule has 2 aromatic rings. The molecule has 0 radical (unpaired) electrons. The van der Waals surface area contributed by atoms with E-state index in [2.05, 4.69) is 4.90 Å². The van der Waals surface area contributed by atoms with Gasteiger partial charge in [0, 0.05) is 17.7 Å². The van der Waals surface area contributed by atoms with E-state index in [-0.39, 0.29) is 11.8 Å². The van der Waals surface area contributed by atoms with Gasteiger partial charge in [-0.2, -0.15) is 0 Å². The van der Waals surface area contributed by atoms with Gasteiger partial charge in [0.05, 0.1) is 18.6 Å². The molecule has 19 heavy (non-hydrogen) atoms. The van der Waals surface area contributed by atoms with Crippen molar-refractivity contribution < 1.29 is 9.21 Å². The van der Waals surface area contributed by atoms with Crippen LogP contribution in [0.15, 0.2) is 53.3 Å². The number of carbonyl (C=O) groups excluding carboxylic acids is 1. The van der Waals surface area contributed by atoms with Gasteiger partial charge >= 0.3 is 0 Å². The number of ketones is 1. The van der Waals surface area contributed by atoms with E-state index in [1.807, 2.05) is 50.4 Å². The second-order valence-electron chi connectivity index (χ2n) is 4.70. The van der Waals surface area contributed by atoms with Gasteiger partial charge in [-0.25, -0.2) is 0 Å². The number of likely N-dealkylation sites (N-methyl/N-ethyl adjacent to an activating group) is 1. The van der Waals surface area contributed by atoms with Crippen molar-refractivity contribution in [1.29, 1.82) is 0 Å². The van der Waals surface area contributed by atoms with Gasteiger partial charge in [0.1, 0.15) is 0 Å². The smallest absolute Gasteiger partial charge is 0.179 e. The molecule has 0 aliphatic rings. The van der Waals surface area contributed by atoms with Crippen LogP contribution in [0.1, 0.15) is 29.3 Å². The SMILES string of the molecule is CCC(C(=O)c1ccccc1)N(C)Cc1ccoc1. The third-order valence-corrected chi connectivity index (χ3v) is 3.29. The Bertz CT molecular complexity index is 505. The van der Waals surface area contributed by atoms with Crippen molar-refractivity contribution in [3.8, 4) is 0 Å². The Kier molecular flexibility index (Phi) is 4.53. The molecule has 2 rings (SSSR count). The first-order valence-corrected chi connectivity index (χ1v) is 6.53.